The van der Waals surface area contributed by atoms with Gasteiger partial charge in [0.15, 0.2) is 5.89 Å². The Morgan fingerprint density at radius 1 is 0.778 bits per heavy atom. The highest BCUT2D eigenvalue weighted by Gasteiger charge is 2.18. The van der Waals surface area contributed by atoms with Crippen LogP contribution in [0.3, 0.4) is 0 Å². The number of hydrogen-bond donors (Lipinski definition) is 0. The van der Waals surface area contributed by atoms with E-state index >= 15 is 0 Å². The quantitative estimate of drug-likeness (QED) is 0.444. The molecule has 0 aliphatic rings. The Kier molecular flexibility index (Phi) is 7.96. The third-order valence-corrected chi connectivity index (χ3v) is 4.52. The van der Waals surface area contributed by atoms with E-state index in [4.69, 9.17) is 8.94 Å². The number of oxazole rings is 1. The first-order chi connectivity index (χ1) is 12.3. The van der Waals surface area contributed by atoms with Crippen molar-refractivity contribution in [3.8, 4) is 0 Å². The second kappa shape index (κ2) is 9.31. The molecule has 3 aromatic rings. The van der Waals surface area contributed by atoms with Crippen LogP contribution in [0, 0.1) is 0 Å². The smallest absolute Gasteiger partial charge is 0.199 e. The average Bonchev–Trinajstić information content (AvgIpc) is 3.28. The molecule has 150 valence electrons. The van der Waals surface area contributed by atoms with Crippen LogP contribution in [0.1, 0.15) is 79.0 Å². The summed E-state index contributed by atoms with van der Waals surface area (Å²) in [6.45, 7) is 19.0. The SMILES string of the molecule is CC(C)(C)c1ccno1.CC(C)(C)c1ncco1.CC(C)(C)c1nccs1. The van der Waals surface area contributed by atoms with Crippen molar-refractivity contribution in [3.63, 3.8) is 0 Å². The summed E-state index contributed by atoms with van der Waals surface area (Å²) in [6.07, 6.45) is 6.78. The zero-order valence-electron chi connectivity index (χ0n) is 18.0. The predicted molar refractivity (Wildman–Crippen MR) is 111 cm³/mol. The van der Waals surface area contributed by atoms with Crippen LogP contribution in [0.5, 0.6) is 0 Å². The first-order valence-electron chi connectivity index (χ1n) is 9.03. The van der Waals surface area contributed by atoms with Gasteiger partial charge in [-0.25, -0.2) is 9.97 Å². The third kappa shape index (κ3) is 8.52. The molecule has 0 radical (unpaired) electrons. The van der Waals surface area contributed by atoms with Gasteiger partial charge in [-0.3, -0.25) is 0 Å². The van der Waals surface area contributed by atoms with Crippen molar-refractivity contribution < 1.29 is 8.94 Å². The van der Waals surface area contributed by atoms with Gasteiger partial charge in [0.2, 0.25) is 0 Å². The first kappa shape index (κ1) is 23.1. The van der Waals surface area contributed by atoms with Crippen LogP contribution < -0.4 is 0 Å². The summed E-state index contributed by atoms with van der Waals surface area (Å²) in [5, 5.41) is 6.84. The van der Waals surface area contributed by atoms with Gasteiger partial charge in [0.25, 0.3) is 0 Å². The number of aromatic nitrogens is 3. The molecule has 0 amide bonds. The Morgan fingerprint density at radius 3 is 1.67 bits per heavy atom. The fourth-order valence-corrected chi connectivity index (χ4v) is 2.52. The van der Waals surface area contributed by atoms with Crippen LogP contribution in [-0.2, 0) is 16.2 Å². The summed E-state index contributed by atoms with van der Waals surface area (Å²) in [6, 6.07) is 1.89. The predicted octanol–water partition coefficient (Wildman–Crippen LogP) is 6.38. The van der Waals surface area contributed by atoms with Gasteiger partial charge in [0.05, 0.1) is 17.4 Å². The Morgan fingerprint density at radius 2 is 1.44 bits per heavy atom. The van der Waals surface area contributed by atoms with Crippen LogP contribution in [-0.4, -0.2) is 15.1 Å². The molecule has 0 atom stereocenters. The Balaban J connectivity index is 0.000000202. The van der Waals surface area contributed by atoms with E-state index in [2.05, 4.69) is 77.4 Å². The van der Waals surface area contributed by atoms with Crippen LogP contribution in [0.15, 0.2) is 45.2 Å². The van der Waals surface area contributed by atoms with Crippen LogP contribution in [0.4, 0.5) is 0 Å². The zero-order chi connectivity index (χ0) is 20.7. The molecule has 3 heterocycles. The number of hydrogen-bond acceptors (Lipinski definition) is 6. The third-order valence-electron chi connectivity index (χ3n) is 3.32. The first-order valence-corrected chi connectivity index (χ1v) is 9.91. The molecular weight excluding hydrogens is 358 g/mol. The van der Waals surface area contributed by atoms with Crippen molar-refractivity contribution in [1.82, 2.24) is 15.1 Å². The largest absolute Gasteiger partial charge is 0.448 e. The minimum atomic E-state index is 0.0451. The summed E-state index contributed by atoms with van der Waals surface area (Å²) in [4.78, 5) is 8.23. The molecule has 27 heavy (non-hydrogen) atoms. The number of thiazole rings is 1. The average molecular weight is 392 g/mol. The zero-order valence-corrected chi connectivity index (χ0v) is 18.8. The van der Waals surface area contributed by atoms with Crippen molar-refractivity contribution in [3.05, 3.63) is 53.0 Å². The lowest BCUT2D eigenvalue weighted by Crippen LogP contribution is -2.10. The highest BCUT2D eigenvalue weighted by Crippen LogP contribution is 2.23. The molecule has 0 aliphatic carbocycles. The van der Waals surface area contributed by atoms with E-state index in [-0.39, 0.29) is 16.2 Å². The normalized spacial score (nSPS) is 11.9. The number of nitrogens with zero attached hydrogens (tertiary/aromatic N) is 3. The summed E-state index contributed by atoms with van der Waals surface area (Å²) in [7, 11) is 0. The van der Waals surface area contributed by atoms with Gasteiger partial charge in [-0.2, -0.15) is 0 Å². The van der Waals surface area contributed by atoms with E-state index in [0.29, 0.717) is 0 Å². The molecule has 6 heteroatoms. The molecule has 0 saturated heterocycles. The minimum Gasteiger partial charge on any atom is -0.448 e. The van der Waals surface area contributed by atoms with E-state index in [1.807, 2.05) is 17.6 Å². The minimum absolute atomic E-state index is 0.0451. The summed E-state index contributed by atoms with van der Waals surface area (Å²) in [5.41, 5.74) is 0.369. The van der Waals surface area contributed by atoms with E-state index in [1.165, 1.54) is 5.01 Å². The van der Waals surface area contributed by atoms with Gasteiger partial charge < -0.3 is 8.94 Å². The van der Waals surface area contributed by atoms with Gasteiger partial charge in [0, 0.05) is 33.9 Å². The number of rotatable bonds is 0. The van der Waals surface area contributed by atoms with Crippen LogP contribution in [0.25, 0.3) is 0 Å². The van der Waals surface area contributed by atoms with Crippen molar-refractivity contribution in [2.24, 2.45) is 0 Å². The maximum absolute atomic E-state index is 5.09. The molecule has 0 spiro atoms. The highest BCUT2D eigenvalue weighted by molar-refractivity contribution is 7.09. The van der Waals surface area contributed by atoms with Gasteiger partial charge in [-0.1, -0.05) is 67.5 Å². The molecule has 0 aromatic carbocycles. The summed E-state index contributed by atoms with van der Waals surface area (Å²) in [5.74, 6) is 1.73. The van der Waals surface area contributed by atoms with Crippen molar-refractivity contribution >= 4 is 11.3 Å². The lowest BCUT2D eigenvalue weighted by atomic mass is 9.94. The van der Waals surface area contributed by atoms with Crippen molar-refractivity contribution in [2.45, 2.75) is 78.6 Å². The standard InChI is InChI=1S/2C7H11NO.C7H11NS/c1-7(2,3)6-8-4-5-9-6;1-7(2,3)6-4-5-8-9-6;1-7(2,3)6-8-4-5-9-6/h3*4-5H,1-3H3. The maximum atomic E-state index is 5.09. The van der Waals surface area contributed by atoms with Crippen LogP contribution in [0.2, 0.25) is 0 Å². The molecular formula is C21H33N3O2S. The van der Waals surface area contributed by atoms with Crippen molar-refractivity contribution in [2.75, 3.05) is 0 Å². The fourth-order valence-electron chi connectivity index (χ4n) is 1.79. The molecule has 0 fully saturated rings. The second-order valence-corrected chi connectivity index (χ2v) is 10.2. The highest BCUT2D eigenvalue weighted by atomic mass is 32.1. The molecule has 3 rings (SSSR count). The molecule has 0 aliphatic heterocycles. The van der Waals surface area contributed by atoms with Gasteiger partial charge in [-0.15, -0.1) is 11.3 Å². The van der Waals surface area contributed by atoms with Gasteiger partial charge >= 0.3 is 0 Å². The van der Waals surface area contributed by atoms with Gasteiger partial charge in [-0.05, 0) is 0 Å². The molecule has 0 N–H and O–H groups in total. The van der Waals surface area contributed by atoms with E-state index in [1.54, 1.807) is 30.0 Å². The van der Waals surface area contributed by atoms with E-state index in [0.717, 1.165) is 11.7 Å². The van der Waals surface area contributed by atoms with Crippen molar-refractivity contribution in [1.29, 1.82) is 0 Å². The Hall–Kier alpha value is -1.95. The lowest BCUT2D eigenvalue weighted by Gasteiger charge is -2.12. The monoisotopic (exact) mass is 391 g/mol. The summed E-state index contributed by atoms with van der Waals surface area (Å²) >= 11 is 1.72. The molecule has 0 saturated carbocycles. The fraction of sp³-hybridized carbons (Fsp3) is 0.571. The Labute approximate surface area is 167 Å². The molecule has 5 nitrogen and oxygen atoms in total. The lowest BCUT2D eigenvalue weighted by molar-refractivity contribution is 0.329. The summed E-state index contributed by atoms with van der Waals surface area (Å²) < 4.78 is 10.0. The van der Waals surface area contributed by atoms with Crippen LogP contribution >= 0.6 is 11.3 Å². The van der Waals surface area contributed by atoms with E-state index < -0.39 is 0 Å². The second-order valence-electron chi connectivity index (χ2n) is 9.30. The molecule has 3 aromatic heterocycles. The molecule has 0 unspecified atom stereocenters. The topological polar surface area (TPSA) is 65.0 Å². The Bertz CT molecular complexity index is 622. The maximum Gasteiger partial charge on any atom is 0.199 e. The van der Waals surface area contributed by atoms with E-state index in [9.17, 15) is 0 Å². The van der Waals surface area contributed by atoms with Gasteiger partial charge in [0.1, 0.15) is 12.0 Å². The molecule has 0 bridgehead atoms.